The van der Waals surface area contributed by atoms with Gasteiger partial charge in [-0.05, 0) is 37.3 Å². The highest BCUT2D eigenvalue weighted by Gasteiger charge is 2.31. The molecule has 1 heterocycles. The van der Waals surface area contributed by atoms with Crippen LogP contribution in [-0.4, -0.2) is 35.1 Å². The van der Waals surface area contributed by atoms with E-state index in [1.54, 1.807) is 0 Å². The van der Waals surface area contributed by atoms with Gasteiger partial charge in [0, 0.05) is 12.6 Å². The van der Waals surface area contributed by atoms with Crippen molar-refractivity contribution in [2.24, 2.45) is 0 Å². The maximum Gasteiger partial charge on any atom is 0.317 e. The summed E-state index contributed by atoms with van der Waals surface area (Å²) < 4.78 is 0. The average molecular weight is 233 g/mol. The fraction of sp³-hybridized carbons (Fsp3) is 0.500. The molecule has 1 saturated heterocycles. The maximum atomic E-state index is 10.8. The summed E-state index contributed by atoms with van der Waals surface area (Å²) in [6, 6.07) is 8.76. The van der Waals surface area contributed by atoms with Crippen molar-refractivity contribution in [1.29, 1.82) is 0 Å². The average Bonchev–Trinajstić information content (AvgIpc) is 2.60. The summed E-state index contributed by atoms with van der Waals surface area (Å²) in [5.74, 6) is -0.257. The van der Waals surface area contributed by atoms with Crippen molar-refractivity contribution in [2.45, 2.75) is 32.2 Å². The highest BCUT2D eigenvalue weighted by molar-refractivity contribution is 5.69. The maximum absolute atomic E-state index is 10.8. The lowest BCUT2D eigenvalue weighted by Gasteiger charge is -2.18. The van der Waals surface area contributed by atoms with Gasteiger partial charge < -0.3 is 5.11 Å². The number of likely N-dealkylation sites (tertiary alicyclic amines) is 1. The van der Waals surface area contributed by atoms with Gasteiger partial charge in [0.25, 0.3) is 0 Å². The van der Waals surface area contributed by atoms with Crippen molar-refractivity contribution >= 4 is 5.97 Å². The van der Waals surface area contributed by atoms with Crippen LogP contribution >= 0.6 is 0 Å². The molecule has 1 N–H and O–H groups in total. The Morgan fingerprint density at radius 1 is 1.47 bits per heavy atom. The van der Waals surface area contributed by atoms with Gasteiger partial charge in [0.15, 0.2) is 0 Å². The number of carboxylic acids is 1. The van der Waals surface area contributed by atoms with Gasteiger partial charge in [0.05, 0.1) is 6.54 Å². The van der Waals surface area contributed by atoms with Crippen molar-refractivity contribution in [2.75, 3.05) is 13.1 Å². The molecule has 0 bridgehead atoms. The molecule has 17 heavy (non-hydrogen) atoms. The topological polar surface area (TPSA) is 40.5 Å². The van der Waals surface area contributed by atoms with Gasteiger partial charge in [-0.25, -0.2) is 0 Å². The van der Waals surface area contributed by atoms with Crippen LogP contribution in [0.4, 0.5) is 0 Å². The fourth-order valence-corrected chi connectivity index (χ4v) is 2.76. The molecule has 2 atom stereocenters. The third-order valence-corrected chi connectivity index (χ3v) is 3.67. The van der Waals surface area contributed by atoms with E-state index in [1.807, 2.05) is 6.07 Å². The van der Waals surface area contributed by atoms with Gasteiger partial charge in [-0.2, -0.15) is 0 Å². The van der Waals surface area contributed by atoms with Crippen LogP contribution in [0.1, 0.15) is 30.4 Å². The van der Waals surface area contributed by atoms with Gasteiger partial charge in [0.2, 0.25) is 0 Å². The molecule has 1 fully saturated rings. The van der Waals surface area contributed by atoms with E-state index < -0.39 is 5.97 Å². The van der Waals surface area contributed by atoms with E-state index in [0.29, 0.717) is 12.0 Å². The zero-order valence-electron chi connectivity index (χ0n) is 10.4. The van der Waals surface area contributed by atoms with Crippen LogP contribution in [0.25, 0.3) is 0 Å². The first kappa shape index (κ1) is 12.1. The van der Waals surface area contributed by atoms with E-state index in [4.69, 9.17) is 5.11 Å². The zero-order valence-corrected chi connectivity index (χ0v) is 10.4. The van der Waals surface area contributed by atoms with Crippen LogP contribution in [-0.2, 0) is 4.79 Å². The Labute approximate surface area is 102 Å². The van der Waals surface area contributed by atoms with E-state index in [2.05, 4.69) is 36.9 Å². The molecule has 0 aromatic heterocycles. The summed E-state index contributed by atoms with van der Waals surface area (Å²) in [6.45, 7) is 5.25. The normalized spacial score (nSPS) is 25.1. The SMILES string of the molecule is Cc1ccccc1C1CC(C)N(CC(=O)O)C1. The first-order chi connectivity index (χ1) is 8.08. The number of aliphatic carboxylic acids is 1. The molecule has 3 nitrogen and oxygen atoms in total. The number of nitrogens with zero attached hydrogens (tertiary/aromatic N) is 1. The number of benzene rings is 1. The summed E-state index contributed by atoms with van der Waals surface area (Å²) >= 11 is 0. The number of carboxylic acid groups (broad SMARTS) is 1. The number of aryl methyl sites for hydroxylation is 1. The molecule has 1 aromatic rings. The van der Waals surface area contributed by atoms with Crippen LogP contribution in [0.2, 0.25) is 0 Å². The van der Waals surface area contributed by atoms with Crippen molar-refractivity contribution in [3.05, 3.63) is 35.4 Å². The van der Waals surface area contributed by atoms with Crippen LogP contribution < -0.4 is 0 Å². The zero-order chi connectivity index (χ0) is 12.4. The molecule has 0 aliphatic carbocycles. The second kappa shape index (κ2) is 4.88. The van der Waals surface area contributed by atoms with Gasteiger partial charge in [-0.1, -0.05) is 24.3 Å². The Balaban J connectivity index is 2.11. The first-order valence-electron chi connectivity index (χ1n) is 6.09. The van der Waals surface area contributed by atoms with E-state index in [-0.39, 0.29) is 6.54 Å². The summed E-state index contributed by atoms with van der Waals surface area (Å²) in [4.78, 5) is 12.8. The minimum atomic E-state index is -0.734. The molecule has 2 unspecified atom stereocenters. The Hall–Kier alpha value is -1.35. The van der Waals surface area contributed by atoms with Crippen molar-refractivity contribution in [3.8, 4) is 0 Å². The molecule has 1 aliphatic heterocycles. The number of hydrogen-bond donors (Lipinski definition) is 1. The summed E-state index contributed by atoms with van der Waals surface area (Å²) in [6.07, 6.45) is 1.05. The van der Waals surface area contributed by atoms with E-state index in [0.717, 1.165) is 13.0 Å². The summed E-state index contributed by atoms with van der Waals surface area (Å²) in [5, 5.41) is 8.86. The summed E-state index contributed by atoms with van der Waals surface area (Å²) in [5.41, 5.74) is 2.68. The molecule has 3 heteroatoms. The van der Waals surface area contributed by atoms with Crippen molar-refractivity contribution < 1.29 is 9.90 Å². The molecule has 1 aliphatic rings. The van der Waals surface area contributed by atoms with E-state index in [1.165, 1.54) is 11.1 Å². The van der Waals surface area contributed by atoms with E-state index in [9.17, 15) is 4.79 Å². The predicted octanol–water partition coefficient (Wildman–Crippen LogP) is 2.26. The lowest BCUT2D eigenvalue weighted by Crippen LogP contribution is -2.32. The quantitative estimate of drug-likeness (QED) is 0.870. The number of rotatable bonds is 3. The predicted molar refractivity (Wildman–Crippen MR) is 67.2 cm³/mol. The molecule has 2 rings (SSSR count). The Kier molecular flexibility index (Phi) is 3.48. The van der Waals surface area contributed by atoms with Gasteiger partial charge in [-0.15, -0.1) is 0 Å². The minimum absolute atomic E-state index is 0.156. The molecule has 0 radical (unpaired) electrons. The lowest BCUT2D eigenvalue weighted by atomic mass is 9.93. The smallest absolute Gasteiger partial charge is 0.317 e. The van der Waals surface area contributed by atoms with Crippen LogP contribution in [0.15, 0.2) is 24.3 Å². The summed E-state index contributed by atoms with van der Waals surface area (Å²) in [7, 11) is 0. The molecule has 0 amide bonds. The molecular weight excluding hydrogens is 214 g/mol. The highest BCUT2D eigenvalue weighted by Crippen LogP contribution is 2.32. The second-order valence-electron chi connectivity index (χ2n) is 4.96. The number of hydrogen-bond acceptors (Lipinski definition) is 2. The Morgan fingerprint density at radius 2 is 2.18 bits per heavy atom. The van der Waals surface area contributed by atoms with Crippen molar-refractivity contribution in [3.63, 3.8) is 0 Å². The molecule has 92 valence electrons. The first-order valence-corrected chi connectivity index (χ1v) is 6.09. The fourth-order valence-electron chi connectivity index (χ4n) is 2.76. The van der Waals surface area contributed by atoms with E-state index >= 15 is 0 Å². The van der Waals surface area contributed by atoms with Crippen LogP contribution in [0.3, 0.4) is 0 Å². The number of carbonyl (C=O) groups is 1. The third-order valence-electron chi connectivity index (χ3n) is 3.67. The lowest BCUT2D eigenvalue weighted by molar-refractivity contribution is -0.138. The van der Waals surface area contributed by atoms with Gasteiger partial charge in [0.1, 0.15) is 0 Å². The Morgan fingerprint density at radius 3 is 2.82 bits per heavy atom. The van der Waals surface area contributed by atoms with Crippen molar-refractivity contribution in [1.82, 2.24) is 4.90 Å². The molecule has 1 aromatic carbocycles. The van der Waals surface area contributed by atoms with Crippen LogP contribution in [0, 0.1) is 6.92 Å². The molecule has 0 spiro atoms. The Bertz CT molecular complexity index is 416. The molecule has 0 saturated carbocycles. The minimum Gasteiger partial charge on any atom is -0.480 e. The van der Waals surface area contributed by atoms with Gasteiger partial charge in [-0.3, -0.25) is 9.69 Å². The van der Waals surface area contributed by atoms with Crippen LogP contribution in [0.5, 0.6) is 0 Å². The largest absolute Gasteiger partial charge is 0.480 e. The monoisotopic (exact) mass is 233 g/mol. The second-order valence-corrected chi connectivity index (χ2v) is 4.96. The highest BCUT2D eigenvalue weighted by atomic mass is 16.4. The van der Waals surface area contributed by atoms with Gasteiger partial charge >= 0.3 is 5.97 Å². The standard InChI is InChI=1S/C14H19NO2/c1-10-5-3-4-6-13(10)12-7-11(2)15(8-12)9-14(16)17/h3-6,11-12H,7-9H2,1-2H3,(H,16,17). The molecular formula is C14H19NO2. The third kappa shape index (κ3) is 2.67.